The average Bonchev–Trinajstić information content (AvgIpc) is 2.77. The Morgan fingerprint density at radius 1 is 0.742 bits per heavy atom. The fourth-order valence-electron chi connectivity index (χ4n) is 2.89. The van der Waals surface area contributed by atoms with E-state index in [4.69, 9.17) is 0 Å². The topological polar surface area (TPSA) is 99.3 Å². The van der Waals surface area contributed by atoms with Crippen LogP contribution in [0.25, 0.3) is 0 Å². The van der Waals surface area contributed by atoms with Gasteiger partial charge in [0.1, 0.15) is 0 Å². The fourth-order valence-corrected chi connectivity index (χ4v) is 2.89. The van der Waals surface area contributed by atoms with Crippen molar-refractivity contribution in [3.05, 3.63) is 90.0 Å². The third kappa shape index (κ3) is 7.01. The molecule has 0 aliphatic rings. The molecule has 3 amide bonds. The molecule has 0 aliphatic carbocycles. The van der Waals surface area contributed by atoms with E-state index in [0.717, 1.165) is 11.3 Å². The maximum absolute atomic E-state index is 12.3. The van der Waals surface area contributed by atoms with Crippen LogP contribution in [0.15, 0.2) is 78.9 Å². The summed E-state index contributed by atoms with van der Waals surface area (Å²) in [7, 11) is 0. The quantitative estimate of drug-likeness (QED) is 0.451. The first-order chi connectivity index (χ1) is 15.0. The molecule has 0 heterocycles. The Morgan fingerprint density at radius 2 is 1.42 bits per heavy atom. The molecule has 0 bridgehead atoms. The Bertz CT molecular complexity index is 1050. The summed E-state index contributed by atoms with van der Waals surface area (Å²) in [5.74, 6) is -0.570. The van der Waals surface area contributed by atoms with Crippen molar-refractivity contribution in [1.29, 1.82) is 0 Å². The summed E-state index contributed by atoms with van der Waals surface area (Å²) < 4.78 is 0. The summed E-state index contributed by atoms with van der Waals surface area (Å²) in [6.45, 7) is 1.94. The third-order valence-electron chi connectivity index (χ3n) is 4.36. The number of carbonyl (C=O) groups is 3. The van der Waals surface area contributed by atoms with Gasteiger partial charge in [-0.1, -0.05) is 36.4 Å². The third-order valence-corrected chi connectivity index (χ3v) is 4.36. The minimum absolute atomic E-state index is 0.0594. The van der Waals surface area contributed by atoms with E-state index < -0.39 is 0 Å². The largest absolute Gasteiger partial charge is 0.376 e. The van der Waals surface area contributed by atoms with Crippen LogP contribution >= 0.6 is 0 Å². The SMILES string of the molecule is CC(=O)Nc1cccc(NC(=O)CNc2ccc(C(=O)NCc3ccccc3)cc2)c1. The highest BCUT2D eigenvalue weighted by Gasteiger charge is 2.07. The van der Waals surface area contributed by atoms with Gasteiger partial charge in [-0.25, -0.2) is 0 Å². The number of hydrogen-bond acceptors (Lipinski definition) is 4. The van der Waals surface area contributed by atoms with Crippen LogP contribution in [-0.2, 0) is 16.1 Å². The van der Waals surface area contributed by atoms with Gasteiger partial charge >= 0.3 is 0 Å². The van der Waals surface area contributed by atoms with Gasteiger partial charge in [0, 0.05) is 36.1 Å². The highest BCUT2D eigenvalue weighted by atomic mass is 16.2. The smallest absolute Gasteiger partial charge is 0.251 e. The zero-order valence-corrected chi connectivity index (χ0v) is 17.1. The van der Waals surface area contributed by atoms with Crippen LogP contribution in [0.5, 0.6) is 0 Å². The Labute approximate surface area is 180 Å². The van der Waals surface area contributed by atoms with Crippen molar-refractivity contribution >= 4 is 34.8 Å². The van der Waals surface area contributed by atoms with Crippen LogP contribution in [0.1, 0.15) is 22.8 Å². The van der Waals surface area contributed by atoms with Crippen molar-refractivity contribution in [3.63, 3.8) is 0 Å². The van der Waals surface area contributed by atoms with Crippen molar-refractivity contribution in [1.82, 2.24) is 5.32 Å². The summed E-state index contributed by atoms with van der Waals surface area (Å²) in [6, 6.07) is 23.5. The monoisotopic (exact) mass is 416 g/mol. The first-order valence-electron chi connectivity index (χ1n) is 9.83. The van der Waals surface area contributed by atoms with E-state index >= 15 is 0 Å². The molecule has 4 N–H and O–H groups in total. The molecule has 3 aromatic rings. The zero-order chi connectivity index (χ0) is 22.1. The van der Waals surface area contributed by atoms with E-state index in [0.29, 0.717) is 23.5 Å². The molecule has 158 valence electrons. The molecule has 0 fully saturated rings. The lowest BCUT2D eigenvalue weighted by atomic mass is 10.1. The molecule has 0 saturated carbocycles. The first kappa shape index (κ1) is 21.6. The minimum atomic E-state index is -0.232. The van der Waals surface area contributed by atoms with Crippen LogP contribution < -0.4 is 21.3 Å². The van der Waals surface area contributed by atoms with Crippen LogP contribution in [0.2, 0.25) is 0 Å². The van der Waals surface area contributed by atoms with E-state index in [1.54, 1.807) is 48.5 Å². The molecule has 7 heteroatoms. The number of nitrogens with one attached hydrogen (secondary N) is 4. The number of anilines is 3. The number of amides is 3. The summed E-state index contributed by atoms with van der Waals surface area (Å²) in [5, 5.41) is 11.3. The molecule has 0 radical (unpaired) electrons. The number of benzene rings is 3. The van der Waals surface area contributed by atoms with Gasteiger partial charge < -0.3 is 21.3 Å². The first-order valence-corrected chi connectivity index (χ1v) is 9.83. The van der Waals surface area contributed by atoms with Gasteiger partial charge in [-0.2, -0.15) is 0 Å². The van der Waals surface area contributed by atoms with Gasteiger partial charge in [0.15, 0.2) is 0 Å². The molecule has 0 unspecified atom stereocenters. The molecular formula is C24H24N4O3. The molecule has 0 aliphatic heterocycles. The predicted molar refractivity (Wildman–Crippen MR) is 122 cm³/mol. The Balaban J connectivity index is 1.47. The Kier molecular flexibility index (Phi) is 7.37. The highest BCUT2D eigenvalue weighted by Crippen LogP contribution is 2.15. The second kappa shape index (κ2) is 10.6. The number of hydrogen-bond donors (Lipinski definition) is 4. The van der Waals surface area contributed by atoms with Crippen LogP contribution in [0, 0.1) is 0 Å². The van der Waals surface area contributed by atoms with Crippen molar-refractivity contribution in [3.8, 4) is 0 Å². The molecule has 0 aromatic heterocycles. The van der Waals surface area contributed by atoms with E-state index in [2.05, 4.69) is 21.3 Å². The zero-order valence-electron chi connectivity index (χ0n) is 17.1. The summed E-state index contributed by atoms with van der Waals surface area (Å²) in [4.78, 5) is 35.6. The summed E-state index contributed by atoms with van der Waals surface area (Å²) >= 11 is 0. The molecule has 3 aromatic carbocycles. The van der Waals surface area contributed by atoms with Crippen molar-refractivity contribution in [2.24, 2.45) is 0 Å². The highest BCUT2D eigenvalue weighted by molar-refractivity contribution is 5.96. The number of rotatable bonds is 8. The molecule has 3 rings (SSSR count). The van der Waals surface area contributed by atoms with E-state index in [1.807, 2.05) is 30.3 Å². The lowest BCUT2D eigenvalue weighted by molar-refractivity contribution is -0.115. The summed E-state index contributed by atoms with van der Waals surface area (Å²) in [5.41, 5.74) is 3.49. The lowest BCUT2D eigenvalue weighted by Crippen LogP contribution is -2.23. The lowest BCUT2D eigenvalue weighted by Gasteiger charge is -2.10. The molecule has 7 nitrogen and oxygen atoms in total. The van der Waals surface area contributed by atoms with Gasteiger partial charge in [-0.3, -0.25) is 14.4 Å². The van der Waals surface area contributed by atoms with E-state index in [1.165, 1.54) is 6.92 Å². The van der Waals surface area contributed by atoms with Gasteiger partial charge in [0.2, 0.25) is 11.8 Å². The normalized spacial score (nSPS) is 10.1. The van der Waals surface area contributed by atoms with E-state index in [-0.39, 0.29) is 24.3 Å². The van der Waals surface area contributed by atoms with Crippen molar-refractivity contribution in [2.75, 3.05) is 22.5 Å². The molecule has 0 saturated heterocycles. The van der Waals surface area contributed by atoms with Gasteiger partial charge in [-0.05, 0) is 48.0 Å². The predicted octanol–water partition coefficient (Wildman–Crippen LogP) is 3.63. The van der Waals surface area contributed by atoms with Crippen molar-refractivity contribution in [2.45, 2.75) is 13.5 Å². The number of carbonyl (C=O) groups excluding carboxylic acids is 3. The second-order valence-corrected chi connectivity index (χ2v) is 6.91. The van der Waals surface area contributed by atoms with Crippen LogP contribution in [0.4, 0.5) is 17.1 Å². The minimum Gasteiger partial charge on any atom is -0.376 e. The maximum atomic E-state index is 12.3. The fraction of sp³-hybridized carbons (Fsp3) is 0.125. The van der Waals surface area contributed by atoms with Crippen LogP contribution in [-0.4, -0.2) is 24.3 Å². The maximum Gasteiger partial charge on any atom is 0.251 e. The summed E-state index contributed by atoms with van der Waals surface area (Å²) in [6.07, 6.45) is 0. The van der Waals surface area contributed by atoms with Gasteiger partial charge in [0.05, 0.1) is 6.54 Å². The second-order valence-electron chi connectivity index (χ2n) is 6.91. The Morgan fingerprint density at radius 3 is 2.10 bits per heavy atom. The van der Waals surface area contributed by atoms with Gasteiger partial charge in [-0.15, -0.1) is 0 Å². The average molecular weight is 416 g/mol. The molecular weight excluding hydrogens is 392 g/mol. The molecule has 0 spiro atoms. The van der Waals surface area contributed by atoms with Gasteiger partial charge in [0.25, 0.3) is 5.91 Å². The molecule has 31 heavy (non-hydrogen) atoms. The van der Waals surface area contributed by atoms with E-state index in [9.17, 15) is 14.4 Å². The Hall–Kier alpha value is -4.13. The molecule has 0 atom stereocenters. The standard InChI is InChI=1S/C24H24N4O3/c1-17(29)27-21-8-5-9-22(14-21)28-23(30)16-25-20-12-10-19(11-13-20)24(31)26-15-18-6-3-2-4-7-18/h2-14,25H,15-16H2,1H3,(H,26,31)(H,27,29)(H,28,30). The van der Waals surface area contributed by atoms with Crippen molar-refractivity contribution < 1.29 is 14.4 Å². The van der Waals surface area contributed by atoms with Crippen LogP contribution in [0.3, 0.4) is 0 Å².